The van der Waals surface area contributed by atoms with Crippen molar-refractivity contribution in [3.63, 3.8) is 0 Å². The molecule has 0 aliphatic carbocycles. The number of unbranched alkanes of at least 4 members (excludes halogenated alkanes) is 2. The minimum atomic E-state index is -3.57. The number of carbonyl (C=O) groups excluding carboxylic acids is 3. The zero-order valence-corrected chi connectivity index (χ0v) is 28.6. The van der Waals surface area contributed by atoms with Crippen molar-refractivity contribution < 1.29 is 42.0 Å². The molecule has 0 aliphatic heterocycles. The molecule has 47 heavy (non-hydrogen) atoms. The summed E-state index contributed by atoms with van der Waals surface area (Å²) in [7, 11) is -0.985. The van der Waals surface area contributed by atoms with E-state index in [0.29, 0.717) is 36.5 Å². The van der Waals surface area contributed by atoms with Gasteiger partial charge in [0.2, 0.25) is 11.8 Å². The highest BCUT2D eigenvalue weighted by molar-refractivity contribution is 7.62. The molecule has 1 heterocycles. The lowest BCUT2D eigenvalue weighted by atomic mass is 9.84. The molecule has 3 rings (SSSR count). The van der Waals surface area contributed by atoms with Crippen LogP contribution in [0, 0.1) is 11.8 Å². The SMILES string of the molecule is CCCCC[C@@H](C(=O)NCNC(=O)c1ccc(-c2ccc(P(=O)(OC)OC)c(OCC)c2)o1)[C@@H](CC)C(=O)NOCc1ccccc1. The third-order valence-corrected chi connectivity index (χ3v) is 9.55. The Morgan fingerprint density at radius 3 is 2.28 bits per heavy atom. The Morgan fingerprint density at radius 1 is 0.872 bits per heavy atom. The fourth-order valence-electron chi connectivity index (χ4n) is 5.10. The normalized spacial score (nSPS) is 12.6. The summed E-state index contributed by atoms with van der Waals surface area (Å²) in [6.07, 6.45) is 3.64. The molecule has 2 atom stereocenters. The number of furan rings is 1. The first-order valence-corrected chi connectivity index (χ1v) is 17.4. The van der Waals surface area contributed by atoms with Gasteiger partial charge in [-0.25, -0.2) is 5.48 Å². The standard InChI is InChI=1S/C34H46N3O9P/c1-6-9-11-16-27(26(7-2)33(39)37-45-22-24-14-12-10-13-15-24)32(38)35-23-36-34(40)29-19-18-28(46-29)25-17-20-31(30(21-25)44-8-3)47(41,42-4)43-5/h10,12-15,17-21,26-27H,6-9,11,16,22-23H2,1-5H3,(H,35,38)(H,36,40)(H,37,39)/t26-,27-/m1/s1. The molecule has 3 aromatic rings. The van der Waals surface area contributed by atoms with Crippen molar-refractivity contribution in [1.29, 1.82) is 0 Å². The maximum absolute atomic E-state index is 13.3. The number of rotatable bonds is 20. The molecule has 0 unspecified atom stereocenters. The molecule has 3 N–H and O–H groups in total. The second-order valence-electron chi connectivity index (χ2n) is 10.7. The van der Waals surface area contributed by atoms with E-state index in [4.69, 9.17) is 23.0 Å². The van der Waals surface area contributed by atoms with E-state index in [1.165, 1.54) is 20.3 Å². The maximum Gasteiger partial charge on any atom is 0.364 e. The Hall–Kier alpha value is -3.96. The zero-order chi connectivity index (χ0) is 34.2. The van der Waals surface area contributed by atoms with Gasteiger partial charge in [-0.1, -0.05) is 69.5 Å². The van der Waals surface area contributed by atoms with Gasteiger partial charge in [0.15, 0.2) is 5.76 Å². The van der Waals surface area contributed by atoms with Crippen LogP contribution in [0.2, 0.25) is 0 Å². The second kappa shape index (κ2) is 19.0. The Kier molecular flexibility index (Phi) is 15.2. The van der Waals surface area contributed by atoms with Crippen LogP contribution in [0.15, 0.2) is 65.1 Å². The molecule has 1 aromatic heterocycles. The predicted octanol–water partition coefficient (Wildman–Crippen LogP) is 5.73. The largest absolute Gasteiger partial charge is 0.493 e. The van der Waals surface area contributed by atoms with Crippen molar-refractivity contribution in [2.24, 2.45) is 11.8 Å². The Morgan fingerprint density at radius 2 is 1.62 bits per heavy atom. The van der Waals surface area contributed by atoms with Crippen molar-refractivity contribution in [2.75, 3.05) is 27.5 Å². The van der Waals surface area contributed by atoms with E-state index in [9.17, 15) is 18.9 Å². The van der Waals surface area contributed by atoms with Crippen LogP contribution < -0.4 is 26.2 Å². The van der Waals surface area contributed by atoms with Gasteiger partial charge >= 0.3 is 7.60 Å². The monoisotopic (exact) mass is 671 g/mol. The fourth-order valence-corrected chi connectivity index (χ4v) is 6.30. The third-order valence-electron chi connectivity index (χ3n) is 7.63. The van der Waals surface area contributed by atoms with Crippen LogP contribution in [0.1, 0.15) is 69.0 Å². The van der Waals surface area contributed by atoms with E-state index in [2.05, 4.69) is 23.0 Å². The van der Waals surface area contributed by atoms with E-state index < -0.39 is 25.3 Å². The summed E-state index contributed by atoms with van der Waals surface area (Å²) in [6, 6.07) is 17.5. The smallest absolute Gasteiger partial charge is 0.364 e. The van der Waals surface area contributed by atoms with Gasteiger partial charge < -0.3 is 28.8 Å². The molecule has 13 heteroatoms. The Labute approximate surface area is 276 Å². The van der Waals surface area contributed by atoms with Crippen molar-refractivity contribution in [2.45, 2.75) is 59.5 Å². The van der Waals surface area contributed by atoms with Crippen LogP contribution in [0.5, 0.6) is 5.75 Å². The third kappa shape index (κ3) is 10.5. The van der Waals surface area contributed by atoms with Crippen molar-refractivity contribution in [3.05, 3.63) is 72.0 Å². The van der Waals surface area contributed by atoms with Crippen LogP contribution in [-0.2, 0) is 34.6 Å². The van der Waals surface area contributed by atoms with Gasteiger partial charge in [-0.3, -0.25) is 23.8 Å². The second-order valence-corrected chi connectivity index (χ2v) is 12.9. The van der Waals surface area contributed by atoms with Gasteiger partial charge in [0.25, 0.3) is 5.91 Å². The first-order chi connectivity index (χ1) is 22.7. The lowest BCUT2D eigenvalue weighted by molar-refractivity contribution is -0.144. The van der Waals surface area contributed by atoms with Gasteiger partial charge in [-0.2, -0.15) is 0 Å². The number of amides is 3. The summed E-state index contributed by atoms with van der Waals surface area (Å²) < 4.78 is 34.7. The van der Waals surface area contributed by atoms with Gasteiger partial charge in [-0.15, -0.1) is 0 Å². The van der Waals surface area contributed by atoms with Gasteiger partial charge in [-0.05, 0) is 49.6 Å². The summed E-state index contributed by atoms with van der Waals surface area (Å²) in [6.45, 7) is 6.08. The summed E-state index contributed by atoms with van der Waals surface area (Å²) >= 11 is 0. The molecule has 0 bridgehead atoms. The lowest BCUT2D eigenvalue weighted by Crippen LogP contribution is -2.45. The summed E-state index contributed by atoms with van der Waals surface area (Å²) in [5.74, 6) is -1.75. The van der Waals surface area contributed by atoms with Crippen LogP contribution in [0.3, 0.4) is 0 Å². The van der Waals surface area contributed by atoms with Crippen LogP contribution in [0.4, 0.5) is 0 Å². The molecule has 0 spiro atoms. The van der Waals surface area contributed by atoms with Crippen molar-refractivity contribution >= 4 is 30.6 Å². The lowest BCUT2D eigenvalue weighted by Gasteiger charge is -2.24. The maximum atomic E-state index is 13.3. The van der Waals surface area contributed by atoms with E-state index >= 15 is 0 Å². The number of nitrogens with one attached hydrogen (secondary N) is 3. The van der Waals surface area contributed by atoms with E-state index in [1.807, 2.05) is 37.3 Å². The van der Waals surface area contributed by atoms with E-state index in [-0.39, 0.29) is 36.2 Å². The molecule has 0 aliphatic rings. The van der Waals surface area contributed by atoms with Gasteiger partial charge in [0.05, 0.1) is 25.8 Å². The first-order valence-electron chi connectivity index (χ1n) is 15.8. The molecule has 0 fully saturated rings. The molecule has 2 aromatic carbocycles. The molecular formula is C34H46N3O9P. The Bertz CT molecular complexity index is 1490. The highest BCUT2D eigenvalue weighted by atomic mass is 31.2. The molecular weight excluding hydrogens is 625 g/mol. The molecule has 256 valence electrons. The van der Waals surface area contributed by atoms with Gasteiger partial charge in [0.1, 0.15) is 16.8 Å². The number of ether oxygens (including phenoxy) is 1. The minimum Gasteiger partial charge on any atom is -0.493 e. The summed E-state index contributed by atoms with van der Waals surface area (Å²) in [5, 5.41) is 5.67. The van der Waals surface area contributed by atoms with Crippen LogP contribution >= 0.6 is 7.60 Å². The quantitative estimate of drug-likeness (QED) is 0.0591. The molecule has 0 saturated carbocycles. The average molecular weight is 672 g/mol. The Balaban J connectivity index is 1.62. The molecule has 0 radical (unpaired) electrons. The number of hydroxylamine groups is 1. The fraction of sp³-hybridized carbons (Fsp3) is 0.441. The van der Waals surface area contributed by atoms with Crippen LogP contribution in [-0.4, -0.2) is 45.2 Å². The minimum absolute atomic E-state index is 0.0246. The van der Waals surface area contributed by atoms with E-state index in [1.54, 1.807) is 31.2 Å². The predicted molar refractivity (Wildman–Crippen MR) is 178 cm³/mol. The number of benzene rings is 2. The molecule has 12 nitrogen and oxygen atoms in total. The number of carbonyl (C=O) groups is 3. The average Bonchev–Trinajstić information content (AvgIpc) is 3.59. The highest BCUT2D eigenvalue weighted by Gasteiger charge is 2.32. The zero-order valence-electron chi connectivity index (χ0n) is 27.7. The highest BCUT2D eigenvalue weighted by Crippen LogP contribution is 2.48. The summed E-state index contributed by atoms with van der Waals surface area (Å²) in [5.41, 5.74) is 4.00. The first kappa shape index (κ1) is 37.5. The van der Waals surface area contributed by atoms with E-state index in [0.717, 1.165) is 24.8 Å². The summed E-state index contributed by atoms with van der Waals surface area (Å²) in [4.78, 5) is 44.7. The molecule has 0 saturated heterocycles. The van der Waals surface area contributed by atoms with Crippen molar-refractivity contribution in [3.8, 4) is 17.1 Å². The number of hydrogen-bond donors (Lipinski definition) is 3. The topological polar surface area (TPSA) is 154 Å². The molecule has 3 amide bonds. The van der Waals surface area contributed by atoms with Crippen molar-refractivity contribution in [1.82, 2.24) is 16.1 Å². The number of hydrogen-bond acceptors (Lipinski definition) is 9. The van der Waals surface area contributed by atoms with Gasteiger partial charge in [0, 0.05) is 25.7 Å². The van der Waals surface area contributed by atoms with Crippen LogP contribution in [0.25, 0.3) is 11.3 Å².